The van der Waals surface area contributed by atoms with Crippen LogP contribution in [-0.2, 0) is 25.5 Å². The van der Waals surface area contributed by atoms with Crippen molar-refractivity contribution in [3.05, 3.63) is 34.4 Å². The summed E-state index contributed by atoms with van der Waals surface area (Å²) < 4.78 is 10.4. The zero-order valence-corrected chi connectivity index (χ0v) is 16.3. The van der Waals surface area contributed by atoms with Crippen LogP contribution >= 0.6 is 0 Å². The number of aryl methyl sites for hydroxylation is 1. The normalized spacial score (nSPS) is 16.7. The molecule has 1 aromatic rings. The number of carboxylic acid groups (broad SMARTS) is 1. The Hall–Kier alpha value is -2.63. The van der Waals surface area contributed by atoms with Crippen molar-refractivity contribution in [2.24, 2.45) is 5.92 Å². The maximum atomic E-state index is 12.5. The van der Waals surface area contributed by atoms with E-state index in [0.717, 1.165) is 27.8 Å². The molecule has 0 saturated heterocycles. The van der Waals surface area contributed by atoms with Crippen molar-refractivity contribution in [2.75, 3.05) is 13.2 Å². The second kappa shape index (κ2) is 8.84. The van der Waals surface area contributed by atoms with E-state index in [0.29, 0.717) is 25.0 Å². The fourth-order valence-electron chi connectivity index (χ4n) is 3.43. The van der Waals surface area contributed by atoms with Crippen LogP contribution in [0.4, 0.5) is 0 Å². The first-order chi connectivity index (χ1) is 12.8. The molecule has 146 valence electrons. The number of aliphatic carboxylic acids is 1. The highest BCUT2D eigenvalue weighted by molar-refractivity contribution is 6.10. The lowest BCUT2D eigenvalue weighted by Gasteiger charge is -2.24. The zero-order valence-electron chi connectivity index (χ0n) is 16.3. The van der Waals surface area contributed by atoms with Gasteiger partial charge in [0.15, 0.2) is 12.4 Å². The summed E-state index contributed by atoms with van der Waals surface area (Å²) in [6, 6.07) is 1.85. The molecule has 1 aliphatic carbocycles. The van der Waals surface area contributed by atoms with Crippen molar-refractivity contribution in [1.82, 2.24) is 0 Å². The van der Waals surface area contributed by atoms with Gasteiger partial charge in [0.2, 0.25) is 0 Å². The lowest BCUT2D eigenvalue weighted by Crippen LogP contribution is -2.27. The summed E-state index contributed by atoms with van der Waals surface area (Å²) in [6.07, 6.45) is 3.32. The Morgan fingerprint density at radius 1 is 1.22 bits per heavy atom. The van der Waals surface area contributed by atoms with Crippen molar-refractivity contribution in [1.29, 1.82) is 0 Å². The van der Waals surface area contributed by atoms with Crippen molar-refractivity contribution >= 4 is 23.3 Å². The van der Waals surface area contributed by atoms with Crippen molar-refractivity contribution in [2.45, 2.75) is 47.0 Å². The molecule has 2 rings (SSSR count). The third kappa shape index (κ3) is 4.56. The maximum absolute atomic E-state index is 12.5. The molecule has 0 saturated carbocycles. The minimum atomic E-state index is -1.03. The van der Waals surface area contributed by atoms with Crippen molar-refractivity contribution < 1.29 is 29.0 Å². The third-order valence-corrected chi connectivity index (χ3v) is 4.92. The molecule has 0 bridgehead atoms. The van der Waals surface area contributed by atoms with Crippen LogP contribution in [0, 0.1) is 19.8 Å². The molecule has 27 heavy (non-hydrogen) atoms. The monoisotopic (exact) mass is 374 g/mol. The first-order valence-corrected chi connectivity index (χ1v) is 9.19. The van der Waals surface area contributed by atoms with E-state index < -0.39 is 24.5 Å². The summed E-state index contributed by atoms with van der Waals surface area (Å²) in [6.45, 7) is 7.41. The molecule has 0 amide bonds. The molecular formula is C21H26O6. The molecule has 0 spiro atoms. The van der Waals surface area contributed by atoms with E-state index in [-0.39, 0.29) is 12.4 Å². The topological polar surface area (TPSA) is 89.9 Å². The number of carbonyl (C=O) groups is 3. The zero-order chi connectivity index (χ0) is 20.1. The van der Waals surface area contributed by atoms with Gasteiger partial charge in [-0.05, 0) is 80.0 Å². The Morgan fingerprint density at radius 3 is 2.48 bits per heavy atom. The Morgan fingerprint density at radius 2 is 1.93 bits per heavy atom. The molecule has 1 aliphatic rings. The Kier molecular flexibility index (Phi) is 6.77. The van der Waals surface area contributed by atoms with Crippen LogP contribution < -0.4 is 4.74 Å². The standard InChI is InChI=1S/C21H26O6/c1-5-14-10-18(27-11-19(23)24)12(3)13(4)20(14)15-7-8-16(17(22)9-15)21(25)26-6-2/h9-10,16H,5-8,11H2,1-4H3,(H,23,24). The summed E-state index contributed by atoms with van der Waals surface area (Å²) in [5.74, 6) is -1.89. The molecule has 0 aliphatic heterocycles. The minimum absolute atomic E-state index is 0.222. The van der Waals surface area contributed by atoms with Crippen LogP contribution in [0.2, 0.25) is 0 Å². The highest BCUT2D eigenvalue weighted by Crippen LogP contribution is 2.37. The summed E-state index contributed by atoms with van der Waals surface area (Å²) in [7, 11) is 0. The summed E-state index contributed by atoms with van der Waals surface area (Å²) in [5, 5.41) is 8.85. The number of hydrogen-bond donors (Lipinski definition) is 1. The molecule has 6 heteroatoms. The van der Waals surface area contributed by atoms with Gasteiger partial charge in [-0.15, -0.1) is 0 Å². The predicted octanol–water partition coefficient (Wildman–Crippen LogP) is 3.25. The van der Waals surface area contributed by atoms with Crippen LogP contribution in [0.15, 0.2) is 12.1 Å². The van der Waals surface area contributed by atoms with Gasteiger partial charge in [-0.2, -0.15) is 0 Å². The molecule has 1 N–H and O–H groups in total. The second-order valence-electron chi connectivity index (χ2n) is 6.61. The number of rotatable bonds is 7. The Balaban J connectivity index is 2.39. The van der Waals surface area contributed by atoms with E-state index in [2.05, 4.69) is 0 Å². The van der Waals surface area contributed by atoms with Gasteiger partial charge in [-0.3, -0.25) is 9.59 Å². The van der Waals surface area contributed by atoms with Crippen LogP contribution in [-0.4, -0.2) is 36.0 Å². The molecule has 0 heterocycles. The number of ether oxygens (including phenoxy) is 2. The number of carboxylic acids is 1. The summed E-state index contributed by atoms with van der Waals surface area (Å²) in [5.41, 5.74) is 4.70. The van der Waals surface area contributed by atoms with Gasteiger partial charge in [0.05, 0.1) is 6.61 Å². The fraction of sp³-hybridized carbons (Fsp3) is 0.476. The molecule has 0 fully saturated rings. The lowest BCUT2D eigenvalue weighted by atomic mass is 9.81. The first kappa shape index (κ1) is 20.7. The quantitative estimate of drug-likeness (QED) is 0.582. The van der Waals surface area contributed by atoms with Gasteiger partial charge in [-0.1, -0.05) is 6.92 Å². The Labute approximate surface area is 159 Å². The average molecular weight is 374 g/mol. The second-order valence-corrected chi connectivity index (χ2v) is 6.61. The van der Waals surface area contributed by atoms with Crippen LogP contribution in [0.3, 0.4) is 0 Å². The molecule has 0 aromatic heterocycles. The van der Waals surface area contributed by atoms with E-state index in [4.69, 9.17) is 14.6 Å². The number of benzene rings is 1. The van der Waals surface area contributed by atoms with E-state index >= 15 is 0 Å². The van der Waals surface area contributed by atoms with Crippen LogP contribution in [0.1, 0.15) is 48.9 Å². The first-order valence-electron chi connectivity index (χ1n) is 9.19. The summed E-state index contributed by atoms with van der Waals surface area (Å²) >= 11 is 0. The van der Waals surface area contributed by atoms with Crippen LogP contribution in [0.25, 0.3) is 5.57 Å². The van der Waals surface area contributed by atoms with E-state index in [1.807, 2.05) is 26.8 Å². The van der Waals surface area contributed by atoms with Crippen molar-refractivity contribution in [3.63, 3.8) is 0 Å². The van der Waals surface area contributed by atoms with Crippen molar-refractivity contribution in [3.8, 4) is 5.75 Å². The molecule has 1 unspecified atom stereocenters. The van der Waals surface area contributed by atoms with Gasteiger partial charge in [-0.25, -0.2) is 4.79 Å². The average Bonchev–Trinajstić information content (AvgIpc) is 2.62. The molecular weight excluding hydrogens is 348 g/mol. The van der Waals surface area contributed by atoms with E-state index in [1.54, 1.807) is 13.0 Å². The number of hydrogen-bond acceptors (Lipinski definition) is 5. The number of carbonyl (C=O) groups excluding carboxylic acids is 2. The number of allylic oxidation sites excluding steroid dienone is 2. The fourth-order valence-corrected chi connectivity index (χ4v) is 3.43. The highest BCUT2D eigenvalue weighted by atomic mass is 16.5. The SMILES string of the molecule is CCOC(=O)C1CCC(c2c(CC)cc(OCC(=O)O)c(C)c2C)=CC1=O. The van der Waals surface area contributed by atoms with Crippen LogP contribution in [0.5, 0.6) is 5.75 Å². The van der Waals surface area contributed by atoms with Gasteiger partial charge in [0, 0.05) is 0 Å². The smallest absolute Gasteiger partial charge is 0.341 e. The maximum Gasteiger partial charge on any atom is 0.341 e. The van der Waals surface area contributed by atoms with Gasteiger partial charge in [0.25, 0.3) is 0 Å². The number of ketones is 1. The lowest BCUT2D eigenvalue weighted by molar-refractivity contribution is -0.151. The van der Waals surface area contributed by atoms with Gasteiger partial charge in [0.1, 0.15) is 11.7 Å². The highest BCUT2D eigenvalue weighted by Gasteiger charge is 2.31. The largest absolute Gasteiger partial charge is 0.482 e. The minimum Gasteiger partial charge on any atom is -0.482 e. The van der Waals surface area contributed by atoms with Gasteiger partial charge < -0.3 is 14.6 Å². The summed E-state index contributed by atoms with van der Waals surface area (Å²) in [4.78, 5) is 35.2. The molecule has 6 nitrogen and oxygen atoms in total. The third-order valence-electron chi connectivity index (χ3n) is 4.92. The van der Waals surface area contributed by atoms with E-state index in [1.165, 1.54) is 0 Å². The van der Waals surface area contributed by atoms with E-state index in [9.17, 15) is 14.4 Å². The Bertz CT molecular complexity index is 790. The molecule has 1 atom stereocenters. The predicted molar refractivity (Wildman–Crippen MR) is 101 cm³/mol. The number of esters is 1. The van der Waals surface area contributed by atoms with Gasteiger partial charge >= 0.3 is 11.9 Å². The molecule has 1 aromatic carbocycles. The molecule has 0 radical (unpaired) electrons.